The van der Waals surface area contributed by atoms with Crippen LogP contribution in [0.3, 0.4) is 0 Å². The number of thioether (sulfide) groups is 1. The number of nitrogens with two attached hydrogens (primary N) is 1. The highest BCUT2D eigenvalue weighted by Crippen LogP contribution is 2.27. The quantitative estimate of drug-likeness (QED) is 0.441. The van der Waals surface area contributed by atoms with E-state index in [2.05, 4.69) is 53.7 Å². The molecule has 0 bridgehead atoms. The molecule has 0 aliphatic carbocycles. The lowest BCUT2D eigenvalue weighted by Crippen LogP contribution is -2.06. The number of fused-ring (bicyclic) bond motifs is 1. The number of imidazole rings is 1. The van der Waals surface area contributed by atoms with Crippen LogP contribution in [0.4, 0.5) is 5.82 Å². The normalized spacial score (nSPS) is 11.3. The average Bonchev–Trinajstić information content (AvgIpc) is 3.00. The van der Waals surface area contributed by atoms with Crippen molar-refractivity contribution in [3.63, 3.8) is 0 Å². The maximum absolute atomic E-state index is 6.15. The van der Waals surface area contributed by atoms with Crippen molar-refractivity contribution < 1.29 is 0 Å². The fraction of sp³-hybridized carbons (Fsp3) is 0.429. The highest BCUT2D eigenvalue weighted by atomic mass is 32.2. The summed E-state index contributed by atoms with van der Waals surface area (Å²) in [6.45, 7) is 7.34. The molecule has 26 heavy (non-hydrogen) atoms. The monoisotopic (exact) mass is 368 g/mol. The van der Waals surface area contributed by atoms with Crippen molar-refractivity contribution in [1.29, 1.82) is 0 Å². The number of benzene rings is 1. The molecule has 0 unspecified atom stereocenters. The molecular weight excluding hydrogens is 340 g/mol. The Morgan fingerprint density at radius 1 is 1.08 bits per heavy atom. The maximum Gasteiger partial charge on any atom is 0.151 e. The minimum absolute atomic E-state index is 0.554. The van der Waals surface area contributed by atoms with Crippen LogP contribution in [0.15, 0.2) is 35.2 Å². The van der Waals surface area contributed by atoms with Crippen molar-refractivity contribution in [2.75, 3.05) is 11.5 Å². The van der Waals surface area contributed by atoms with Gasteiger partial charge in [0.1, 0.15) is 11.3 Å². The number of aryl methyl sites for hydroxylation is 4. The molecule has 0 saturated carbocycles. The third-order valence-electron chi connectivity index (χ3n) is 4.74. The molecule has 0 aliphatic rings. The summed E-state index contributed by atoms with van der Waals surface area (Å²) in [4.78, 5) is 10.6. The Bertz CT molecular complexity index is 871. The van der Waals surface area contributed by atoms with E-state index in [1.807, 2.05) is 18.7 Å². The Morgan fingerprint density at radius 2 is 1.85 bits per heavy atom. The van der Waals surface area contributed by atoms with Crippen molar-refractivity contribution in [2.45, 2.75) is 57.9 Å². The molecule has 5 heteroatoms. The van der Waals surface area contributed by atoms with Gasteiger partial charge >= 0.3 is 0 Å². The van der Waals surface area contributed by atoms with Gasteiger partial charge < -0.3 is 10.3 Å². The van der Waals surface area contributed by atoms with E-state index in [1.165, 1.54) is 22.4 Å². The molecule has 0 fully saturated rings. The summed E-state index contributed by atoms with van der Waals surface area (Å²) in [5.74, 6) is 2.83. The van der Waals surface area contributed by atoms with Gasteiger partial charge in [0.05, 0.1) is 5.52 Å². The molecule has 0 aliphatic heterocycles. The molecule has 0 spiro atoms. The van der Waals surface area contributed by atoms with Gasteiger partial charge in [0, 0.05) is 23.6 Å². The second kappa shape index (κ2) is 8.58. The van der Waals surface area contributed by atoms with Crippen molar-refractivity contribution in [2.24, 2.45) is 0 Å². The predicted molar refractivity (Wildman–Crippen MR) is 112 cm³/mol. The molecule has 0 radical (unpaired) electrons. The smallest absolute Gasteiger partial charge is 0.151 e. The topological polar surface area (TPSA) is 56.7 Å². The number of pyridine rings is 1. The number of hydrogen-bond acceptors (Lipinski definition) is 4. The van der Waals surface area contributed by atoms with E-state index in [4.69, 9.17) is 10.7 Å². The number of hydrogen-bond donors (Lipinski definition) is 1. The number of nitrogens with zero attached hydrogens (tertiary/aromatic N) is 3. The van der Waals surface area contributed by atoms with Crippen molar-refractivity contribution in [3.05, 3.63) is 47.4 Å². The third-order valence-corrected chi connectivity index (χ3v) is 5.84. The second-order valence-electron chi connectivity index (χ2n) is 6.70. The predicted octanol–water partition coefficient (Wildman–Crippen LogP) is 5.16. The first-order valence-electron chi connectivity index (χ1n) is 9.41. The fourth-order valence-corrected chi connectivity index (χ4v) is 4.21. The average molecular weight is 369 g/mol. The molecule has 1 aromatic carbocycles. The van der Waals surface area contributed by atoms with Crippen LogP contribution in [0, 0.1) is 13.8 Å². The number of rotatable bonds is 8. The van der Waals surface area contributed by atoms with Gasteiger partial charge in [-0.2, -0.15) is 0 Å². The van der Waals surface area contributed by atoms with Crippen LogP contribution in [-0.4, -0.2) is 20.3 Å². The Hall–Kier alpha value is -2.01. The highest BCUT2D eigenvalue weighted by molar-refractivity contribution is 7.99. The van der Waals surface area contributed by atoms with E-state index in [1.54, 1.807) is 0 Å². The summed E-state index contributed by atoms with van der Waals surface area (Å²) in [6, 6.07) is 10.6. The molecule has 2 N–H and O–H groups in total. The summed E-state index contributed by atoms with van der Waals surface area (Å²) in [5.41, 5.74) is 10.4. The Kier molecular flexibility index (Phi) is 6.20. The van der Waals surface area contributed by atoms with Crippen LogP contribution in [0.2, 0.25) is 0 Å². The molecule has 2 heterocycles. The number of aromatic nitrogens is 3. The minimum atomic E-state index is 0.554. The minimum Gasteiger partial charge on any atom is -0.382 e. The second-order valence-corrected chi connectivity index (χ2v) is 7.87. The van der Waals surface area contributed by atoms with Gasteiger partial charge in [0.2, 0.25) is 0 Å². The zero-order chi connectivity index (χ0) is 18.5. The SMILES string of the molecule is CCCc1nc2c(N)nc(C)c(C)c2n1CCCCSc1ccccc1. The number of unbranched alkanes of at least 4 members (excludes halogenated alkanes) is 1. The van der Waals surface area contributed by atoms with Gasteiger partial charge in [-0.05, 0) is 56.6 Å². The summed E-state index contributed by atoms with van der Waals surface area (Å²) >= 11 is 1.93. The van der Waals surface area contributed by atoms with E-state index in [0.717, 1.165) is 48.6 Å². The van der Waals surface area contributed by atoms with Crippen LogP contribution in [0.5, 0.6) is 0 Å². The van der Waals surface area contributed by atoms with Crippen molar-refractivity contribution in [3.8, 4) is 0 Å². The summed E-state index contributed by atoms with van der Waals surface area (Å²) < 4.78 is 2.38. The van der Waals surface area contributed by atoms with Crippen LogP contribution >= 0.6 is 11.8 Å². The molecule has 0 saturated heterocycles. The molecule has 138 valence electrons. The first kappa shape index (κ1) is 18.8. The Morgan fingerprint density at radius 3 is 2.58 bits per heavy atom. The Labute approximate surface area is 160 Å². The summed E-state index contributed by atoms with van der Waals surface area (Å²) in [7, 11) is 0. The highest BCUT2D eigenvalue weighted by Gasteiger charge is 2.16. The largest absolute Gasteiger partial charge is 0.382 e. The van der Waals surface area contributed by atoms with E-state index in [-0.39, 0.29) is 0 Å². The van der Waals surface area contributed by atoms with Gasteiger partial charge in [-0.25, -0.2) is 9.97 Å². The lowest BCUT2D eigenvalue weighted by Gasteiger charge is -2.11. The zero-order valence-corrected chi connectivity index (χ0v) is 16.8. The van der Waals surface area contributed by atoms with E-state index >= 15 is 0 Å². The number of anilines is 1. The molecule has 3 rings (SSSR count). The zero-order valence-electron chi connectivity index (χ0n) is 16.0. The number of nitrogen functional groups attached to an aromatic ring is 1. The summed E-state index contributed by atoms with van der Waals surface area (Å²) in [6.07, 6.45) is 4.38. The van der Waals surface area contributed by atoms with E-state index < -0.39 is 0 Å². The molecule has 4 nitrogen and oxygen atoms in total. The van der Waals surface area contributed by atoms with Gasteiger partial charge in [0.15, 0.2) is 5.82 Å². The lowest BCUT2D eigenvalue weighted by molar-refractivity contribution is 0.613. The molecular formula is C21H28N4S. The fourth-order valence-electron chi connectivity index (χ4n) is 3.28. The lowest BCUT2D eigenvalue weighted by atomic mass is 10.2. The molecule has 0 amide bonds. The van der Waals surface area contributed by atoms with Crippen LogP contribution in [0.25, 0.3) is 11.0 Å². The van der Waals surface area contributed by atoms with Gasteiger partial charge in [0.25, 0.3) is 0 Å². The van der Waals surface area contributed by atoms with Gasteiger partial charge in [-0.15, -0.1) is 11.8 Å². The standard InChI is InChI=1S/C21H28N4S/c1-4-10-18-24-19-20(15(2)16(3)23-21(19)22)25(18)13-8-9-14-26-17-11-6-5-7-12-17/h5-7,11-12H,4,8-10,13-14H2,1-3H3,(H2,22,23). The van der Waals surface area contributed by atoms with Gasteiger partial charge in [-0.1, -0.05) is 25.1 Å². The van der Waals surface area contributed by atoms with E-state index in [0.29, 0.717) is 5.82 Å². The van der Waals surface area contributed by atoms with Crippen LogP contribution in [0.1, 0.15) is 43.3 Å². The third kappa shape index (κ3) is 4.04. The van der Waals surface area contributed by atoms with Crippen LogP contribution in [-0.2, 0) is 13.0 Å². The first-order valence-corrected chi connectivity index (χ1v) is 10.4. The maximum atomic E-state index is 6.15. The van der Waals surface area contributed by atoms with Crippen molar-refractivity contribution >= 4 is 28.6 Å². The van der Waals surface area contributed by atoms with Crippen molar-refractivity contribution in [1.82, 2.24) is 14.5 Å². The Balaban J connectivity index is 1.72. The van der Waals surface area contributed by atoms with Crippen LogP contribution < -0.4 is 5.73 Å². The molecule has 0 atom stereocenters. The van der Waals surface area contributed by atoms with E-state index in [9.17, 15) is 0 Å². The summed E-state index contributed by atoms with van der Waals surface area (Å²) in [5, 5.41) is 0. The molecule has 2 aromatic heterocycles. The van der Waals surface area contributed by atoms with Gasteiger partial charge in [-0.3, -0.25) is 0 Å². The first-order chi connectivity index (χ1) is 12.6. The molecule has 3 aromatic rings.